The lowest BCUT2D eigenvalue weighted by molar-refractivity contribution is 0.0778. The molecule has 0 saturated carbocycles. The number of nitrogens with one attached hydrogen (secondary N) is 1. The van der Waals surface area contributed by atoms with E-state index in [1.807, 2.05) is 0 Å². The van der Waals surface area contributed by atoms with Crippen LogP contribution in [-0.2, 0) is 6.42 Å². The van der Waals surface area contributed by atoms with Crippen molar-refractivity contribution in [1.29, 1.82) is 0 Å². The summed E-state index contributed by atoms with van der Waals surface area (Å²) in [7, 11) is 0. The van der Waals surface area contributed by atoms with E-state index in [-0.39, 0.29) is 23.1 Å². The van der Waals surface area contributed by atoms with Gasteiger partial charge in [-0.1, -0.05) is 25.1 Å². The number of benzene rings is 2. The van der Waals surface area contributed by atoms with Crippen molar-refractivity contribution in [1.82, 2.24) is 5.32 Å². The summed E-state index contributed by atoms with van der Waals surface area (Å²) in [6.07, 6.45) is 5.26. The average molecular weight is 393 g/mol. The third-order valence-corrected chi connectivity index (χ3v) is 7.49. The van der Waals surface area contributed by atoms with Crippen molar-refractivity contribution < 1.29 is 9.18 Å². The zero-order chi connectivity index (χ0) is 20.0. The van der Waals surface area contributed by atoms with Crippen LogP contribution in [0.1, 0.15) is 60.0 Å². The molecule has 3 nitrogen and oxygen atoms in total. The molecule has 3 aliphatic rings. The van der Waals surface area contributed by atoms with Crippen molar-refractivity contribution in [3.8, 4) is 0 Å². The number of ketones is 1. The van der Waals surface area contributed by atoms with E-state index >= 15 is 0 Å². The van der Waals surface area contributed by atoms with Crippen LogP contribution in [-0.4, -0.2) is 31.0 Å². The van der Waals surface area contributed by atoms with Crippen LogP contribution >= 0.6 is 0 Å². The highest BCUT2D eigenvalue weighted by molar-refractivity contribution is 5.99. The van der Waals surface area contributed by atoms with Gasteiger partial charge >= 0.3 is 0 Å². The van der Waals surface area contributed by atoms with Crippen LogP contribution in [0.5, 0.6) is 0 Å². The number of Topliss-reactive ketones (excluding diaryl/α,β-unsaturated/α-hetero) is 1. The monoisotopic (exact) mass is 392 g/mol. The Kier molecular flexibility index (Phi) is 4.70. The predicted molar refractivity (Wildman–Crippen MR) is 114 cm³/mol. The van der Waals surface area contributed by atoms with E-state index in [0.717, 1.165) is 45.3 Å². The summed E-state index contributed by atoms with van der Waals surface area (Å²) in [4.78, 5) is 16.4. The summed E-state index contributed by atoms with van der Waals surface area (Å²) >= 11 is 0. The number of hydrogen-bond acceptors (Lipinski definition) is 3. The highest BCUT2D eigenvalue weighted by Crippen LogP contribution is 2.57. The average Bonchev–Trinajstić information content (AvgIpc) is 2.87. The molecule has 0 amide bonds. The fraction of sp³-hybridized carbons (Fsp3) is 0.480. The molecule has 2 aromatic rings. The maximum atomic E-state index is 13.8. The molecule has 152 valence electrons. The van der Waals surface area contributed by atoms with Gasteiger partial charge in [-0.3, -0.25) is 4.79 Å². The zero-order valence-corrected chi connectivity index (χ0v) is 17.1. The Balaban J connectivity index is 1.65. The van der Waals surface area contributed by atoms with Crippen LogP contribution in [0.2, 0.25) is 0 Å². The van der Waals surface area contributed by atoms with Crippen LogP contribution < -0.4 is 10.2 Å². The van der Waals surface area contributed by atoms with Crippen molar-refractivity contribution >= 4 is 11.5 Å². The molecular weight excluding hydrogens is 363 g/mol. The minimum absolute atomic E-state index is 0.0987. The van der Waals surface area contributed by atoms with Crippen LogP contribution in [0, 0.1) is 11.7 Å². The first kappa shape index (κ1) is 18.8. The van der Waals surface area contributed by atoms with Crippen molar-refractivity contribution in [2.24, 2.45) is 5.92 Å². The number of hydrogen-bond donors (Lipinski definition) is 1. The van der Waals surface area contributed by atoms with Crippen molar-refractivity contribution in [2.45, 2.75) is 50.5 Å². The fourth-order valence-electron chi connectivity index (χ4n) is 6.31. The maximum absolute atomic E-state index is 13.8. The first-order valence-electron chi connectivity index (χ1n) is 11.1. The number of nitrogens with zero attached hydrogens (tertiary/aromatic N) is 1. The normalized spacial score (nSPS) is 26.4. The quantitative estimate of drug-likeness (QED) is 0.765. The van der Waals surface area contributed by atoms with Crippen LogP contribution in [0.4, 0.5) is 10.1 Å². The van der Waals surface area contributed by atoms with Crippen LogP contribution in [0.3, 0.4) is 0 Å². The van der Waals surface area contributed by atoms with E-state index in [0.29, 0.717) is 11.5 Å². The third kappa shape index (κ3) is 2.76. The highest BCUT2D eigenvalue weighted by Gasteiger charge is 2.58. The molecule has 1 saturated heterocycles. The molecule has 3 aliphatic heterocycles. The van der Waals surface area contributed by atoms with Gasteiger partial charge in [-0.05, 0) is 74.0 Å². The Labute approximate surface area is 172 Å². The van der Waals surface area contributed by atoms with Crippen molar-refractivity contribution in [3.05, 3.63) is 65.0 Å². The molecule has 29 heavy (non-hydrogen) atoms. The van der Waals surface area contributed by atoms with Gasteiger partial charge in [0.05, 0.1) is 5.54 Å². The van der Waals surface area contributed by atoms with E-state index < -0.39 is 0 Å². The minimum atomic E-state index is -0.294. The largest absolute Gasteiger partial charge is 0.364 e. The number of rotatable bonds is 4. The summed E-state index contributed by atoms with van der Waals surface area (Å²) < 4.78 is 13.5. The van der Waals surface area contributed by atoms with Gasteiger partial charge in [0.15, 0.2) is 5.78 Å². The first-order chi connectivity index (χ1) is 14.2. The Morgan fingerprint density at radius 1 is 1.24 bits per heavy atom. The van der Waals surface area contributed by atoms with Gasteiger partial charge in [0.2, 0.25) is 0 Å². The lowest BCUT2D eigenvalue weighted by Crippen LogP contribution is -2.62. The molecule has 0 aliphatic carbocycles. The zero-order valence-electron chi connectivity index (χ0n) is 17.1. The summed E-state index contributed by atoms with van der Waals surface area (Å²) in [6.45, 7) is 5.01. The molecule has 1 fully saturated rings. The SMILES string of the molecule is CCC(C(=O)c1ccc(F)cc1)[C@@]12CCNC[C@@H]1c1cccc3c1N2CCCC3. The molecule has 3 atom stereocenters. The second-order valence-corrected chi connectivity index (χ2v) is 8.79. The molecular formula is C25H29FN2O. The van der Waals surface area contributed by atoms with Gasteiger partial charge in [0, 0.05) is 36.2 Å². The number of fused-ring (bicyclic) bond motifs is 3. The topological polar surface area (TPSA) is 32.3 Å². The second-order valence-electron chi connectivity index (χ2n) is 8.79. The molecule has 0 aromatic heterocycles. The minimum Gasteiger partial charge on any atom is -0.364 e. The number of para-hydroxylation sites is 1. The molecule has 3 heterocycles. The third-order valence-electron chi connectivity index (χ3n) is 7.49. The molecule has 0 spiro atoms. The summed E-state index contributed by atoms with van der Waals surface area (Å²) in [5, 5.41) is 3.60. The smallest absolute Gasteiger partial charge is 0.168 e. The number of carbonyl (C=O) groups excluding carboxylic acids is 1. The summed E-state index contributed by atoms with van der Waals surface area (Å²) in [5.41, 5.74) is 4.72. The van der Waals surface area contributed by atoms with E-state index in [4.69, 9.17) is 0 Å². The van der Waals surface area contributed by atoms with Gasteiger partial charge in [0.25, 0.3) is 0 Å². The Hall–Kier alpha value is -2.20. The van der Waals surface area contributed by atoms with E-state index in [2.05, 4.69) is 35.3 Å². The summed E-state index contributed by atoms with van der Waals surface area (Å²) in [5.74, 6) is 0.0907. The first-order valence-corrected chi connectivity index (χ1v) is 11.1. The Morgan fingerprint density at radius 3 is 2.86 bits per heavy atom. The molecule has 1 N–H and O–H groups in total. The predicted octanol–water partition coefficient (Wildman–Crippen LogP) is 4.71. The fourth-order valence-corrected chi connectivity index (χ4v) is 6.31. The number of piperidine rings is 1. The highest BCUT2D eigenvalue weighted by atomic mass is 19.1. The maximum Gasteiger partial charge on any atom is 0.168 e. The molecule has 0 radical (unpaired) electrons. The standard InChI is InChI=1S/C25H29FN2O/c1-2-21(24(29)18-9-11-19(26)12-10-18)25-13-14-27-16-22(25)20-8-5-7-17-6-3-4-15-28(25)23(17)20/h5,7-12,21-22,27H,2-4,6,13-16H2,1H3/t21?,22-,25+/m1/s1. The van der Waals surface area contributed by atoms with Crippen molar-refractivity contribution in [3.63, 3.8) is 0 Å². The molecule has 1 unspecified atom stereocenters. The van der Waals surface area contributed by atoms with Gasteiger partial charge < -0.3 is 10.2 Å². The lowest BCUT2D eigenvalue weighted by Gasteiger charge is -2.51. The Bertz CT molecular complexity index is 925. The van der Waals surface area contributed by atoms with Crippen LogP contribution in [0.15, 0.2) is 42.5 Å². The number of aryl methyl sites for hydroxylation is 1. The lowest BCUT2D eigenvalue weighted by atomic mass is 9.65. The number of halogens is 1. The number of carbonyl (C=O) groups is 1. The second kappa shape index (κ2) is 7.24. The van der Waals surface area contributed by atoms with Gasteiger partial charge in [-0.15, -0.1) is 0 Å². The molecule has 0 bridgehead atoms. The molecule has 4 heteroatoms. The van der Waals surface area contributed by atoms with Gasteiger partial charge in [0.1, 0.15) is 5.82 Å². The van der Waals surface area contributed by atoms with Gasteiger partial charge in [-0.2, -0.15) is 0 Å². The molecule has 5 rings (SSSR count). The van der Waals surface area contributed by atoms with Crippen LogP contribution in [0.25, 0.3) is 0 Å². The number of anilines is 1. The van der Waals surface area contributed by atoms with E-state index in [1.54, 1.807) is 12.1 Å². The Morgan fingerprint density at radius 2 is 2.07 bits per heavy atom. The van der Waals surface area contributed by atoms with Crippen molar-refractivity contribution in [2.75, 3.05) is 24.5 Å². The molecule has 2 aromatic carbocycles. The summed E-state index contributed by atoms with van der Waals surface area (Å²) in [6, 6.07) is 12.9. The van der Waals surface area contributed by atoms with E-state index in [1.165, 1.54) is 35.4 Å². The van der Waals surface area contributed by atoms with Gasteiger partial charge in [-0.25, -0.2) is 4.39 Å². The van der Waals surface area contributed by atoms with E-state index in [9.17, 15) is 9.18 Å².